The Kier molecular flexibility index (Phi) is 8.97. The average molecular weight is 288 g/mol. The molecule has 0 heterocycles. The quantitative estimate of drug-likeness (QED) is 0.652. The van der Waals surface area contributed by atoms with Crippen LogP contribution in [-0.2, 0) is 10.8 Å². The number of hydrogen-bond acceptors (Lipinski definition) is 2. The molecule has 1 N–H and O–H groups in total. The van der Waals surface area contributed by atoms with Crippen molar-refractivity contribution in [2.45, 2.75) is 83.4 Å². The van der Waals surface area contributed by atoms with E-state index in [2.05, 4.69) is 26.1 Å². The van der Waals surface area contributed by atoms with Crippen molar-refractivity contribution < 1.29 is 4.21 Å². The molecule has 19 heavy (non-hydrogen) atoms. The second kappa shape index (κ2) is 9.93. The fourth-order valence-electron chi connectivity index (χ4n) is 2.97. The molecule has 1 fully saturated rings. The predicted octanol–water partition coefficient (Wildman–Crippen LogP) is 3.87. The van der Waals surface area contributed by atoms with Crippen LogP contribution >= 0.6 is 0 Å². The Morgan fingerprint density at radius 3 is 2.79 bits per heavy atom. The predicted molar refractivity (Wildman–Crippen MR) is 86.0 cm³/mol. The molecule has 0 aromatic carbocycles. The zero-order valence-electron chi connectivity index (χ0n) is 13.1. The molecular weight excluding hydrogens is 254 g/mol. The smallest absolute Gasteiger partial charge is 0.0350 e. The van der Waals surface area contributed by atoms with Crippen molar-refractivity contribution in [3.05, 3.63) is 0 Å². The Balaban J connectivity index is 2.06. The second-order valence-electron chi connectivity index (χ2n) is 6.33. The first-order chi connectivity index (χ1) is 9.13. The molecule has 114 valence electrons. The van der Waals surface area contributed by atoms with Crippen molar-refractivity contribution >= 4 is 10.8 Å². The Morgan fingerprint density at radius 2 is 2.11 bits per heavy atom. The maximum atomic E-state index is 12.3. The van der Waals surface area contributed by atoms with Crippen LogP contribution in [-0.4, -0.2) is 27.8 Å². The van der Waals surface area contributed by atoms with Crippen molar-refractivity contribution in [2.75, 3.05) is 12.3 Å². The van der Waals surface area contributed by atoms with Crippen molar-refractivity contribution in [3.8, 4) is 0 Å². The molecule has 0 bridgehead atoms. The topological polar surface area (TPSA) is 29.1 Å². The van der Waals surface area contributed by atoms with E-state index < -0.39 is 10.8 Å². The van der Waals surface area contributed by atoms with Crippen LogP contribution in [0.5, 0.6) is 0 Å². The SMILES string of the molecule is CCCNC(C)CCCCS(=O)C1CCCC(C)C1. The minimum absolute atomic E-state index is 0.499. The molecule has 0 spiro atoms. The third-order valence-electron chi connectivity index (χ3n) is 4.24. The van der Waals surface area contributed by atoms with Crippen LogP contribution in [0, 0.1) is 5.92 Å². The molecule has 0 aromatic rings. The molecule has 1 aliphatic carbocycles. The monoisotopic (exact) mass is 287 g/mol. The van der Waals surface area contributed by atoms with E-state index in [0.29, 0.717) is 11.3 Å². The lowest BCUT2D eigenvalue weighted by Crippen LogP contribution is -2.27. The highest BCUT2D eigenvalue weighted by molar-refractivity contribution is 7.85. The van der Waals surface area contributed by atoms with Gasteiger partial charge in [-0.2, -0.15) is 0 Å². The van der Waals surface area contributed by atoms with E-state index in [1.807, 2.05) is 0 Å². The molecule has 0 aliphatic heterocycles. The zero-order valence-corrected chi connectivity index (χ0v) is 13.9. The van der Waals surface area contributed by atoms with Crippen LogP contribution in [0.25, 0.3) is 0 Å². The summed E-state index contributed by atoms with van der Waals surface area (Å²) in [5.41, 5.74) is 0. The Hall–Kier alpha value is 0.110. The summed E-state index contributed by atoms with van der Waals surface area (Å²) in [6.07, 6.45) is 9.80. The molecule has 1 aliphatic rings. The van der Waals surface area contributed by atoms with Gasteiger partial charge in [0.1, 0.15) is 0 Å². The van der Waals surface area contributed by atoms with E-state index >= 15 is 0 Å². The molecule has 0 radical (unpaired) electrons. The van der Waals surface area contributed by atoms with Crippen LogP contribution in [0.3, 0.4) is 0 Å². The van der Waals surface area contributed by atoms with Gasteiger partial charge in [0.2, 0.25) is 0 Å². The van der Waals surface area contributed by atoms with E-state index in [4.69, 9.17) is 0 Å². The highest BCUT2D eigenvalue weighted by Crippen LogP contribution is 2.27. The summed E-state index contributed by atoms with van der Waals surface area (Å²) in [6.45, 7) is 7.89. The molecule has 1 rings (SSSR count). The second-order valence-corrected chi connectivity index (χ2v) is 8.17. The van der Waals surface area contributed by atoms with Crippen molar-refractivity contribution in [1.29, 1.82) is 0 Å². The lowest BCUT2D eigenvalue weighted by molar-refractivity contribution is 0.389. The van der Waals surface area contributed by atoms with Crippen LogP contribution < -0.4 is 5.32 Å². The van der Waals surface area contributed by atoms with E-state index in [0.717, 1.165) is 24.6 Å². The molecule has 0 aromatic heterocycles. The van der Waals surface area contributed by atoms with Gasteiger partial charge in [-0.15, -0.1) is 0 Å². The fraction of sp³-hybridized carbons (Fsp3) is 1.00. The number of nitrogens with one attached hydrogen (secondary N) is 1. The molecule has 1 saturated carbocycles. The zero-order chi connectivity index (χ0) is 14.1. The van der Waals surface area contributed by atoms with Crippen molar-refractivity contribution in [1.82, 2.24) is 5.32 Å². The third kappa shape index (κ3) is 7.45. The van der Waals surface area contributed by atoms with E-state index in [1.54, 1.807) is 0 Å². The summed E-state index contributed by atoms with van der Waals surface area (Å²) in [7, 11) is -0.568. The fourth-order valence-corrected chi connectivity index (χ4v) is 4.77. The summed E-state index contributed by atoms with van der Waals surface area (Å²) in [5, 5.41) is 4.01. The minimum Gasteiger partial charge on any atom is -0.314 e. The van der Waals surface area contributed by atoms with Gasteiger partial charge < -0.3 is 5.32 Å². The molecule has 3 heteroatoms. The normalized spacial score (nSPS) is 27.1. The number of hydrogen-bond donors (Lipinski definition) is 1. The Labute approximate surface area is 122 Å². The molecule has 4 unspecified atom stereocenters. The van der Waals surface area contributed by atoms with Gasteiger partial charge in [0.15, 0.2) is 0 Å². The number of unbranched alkanes of at least 4 members (excludes halogenated alkanes) is 1. The van der Waals surface area contributed by atoms with Crippen LogP contribution in [0.15, 0.2) is 0 Å². The molecule has 0 amide bonds. The van der Waals surface area contributed by atoms with Gasteiger partial charge in [-0.05, 0) is 51.5 Å². The lowest BCUT2D eigenvalue weighted by Gasteiger charge is -2.26. The summed E-state index contributed by atoms with van der Waals surface area (Å²) in [6, 6.07) is 0.614. The largest absolute Gasteiger partial charge is 0.314 e. The first kappa shape index (κ1) is 17.2. The van der Waals surface area contributed by atoms with Gasteiger partial charge in [0, 0.05) is 27.8 Å². The van der Waals surface area contributed by atoms with E-state index in [-0.39, 0.29) is 0 Å². The molecule has 2 nitrogen and oxygen atoms in total. The average Bonchev–Trinajstić information content (AvgIpc) is 2.41. The Morgan fingerprint density at radius 1 is 1.32 bits per heavy atom. The highest BCUT2D eigenvalue weighted by Gasteiger charge is 2.23. The van der Waals surface area contributed by atoms with Gasteiger partial charge >= 0.3 is 0 Å². The summed E-state index contributed by atoms with van der Waals surface area (Å²) < 4.78 is 12.3. The number of rotatable bonds is 9. The van der Waals surface area contributed by atoms with Gasteiger partial charge in [-0.1, -0.05) is 33.1 Å². The van der Waals surface area contributed by atoms with Crippen molar-refractivity contribution in [3.63, 3.8) is 0 Å². The maximum Gasteiger partial charge on any atom is 0.0350 e. The molecule has 4 atom stereocenters. The van der Waals surface area contributed by atoms with E-state index in [9.17, 15) is 4.21 Å². The molecular formula is C16H33NOS. The molecule has 0 saturated heterocycles. The minimum atomic E-state index is -0.568. The van der Waals surface area contributed by atoms with Gasteiger partial charge in [0.25, 0.3) is 0 Å². The van der Waals surface area contributed by atoms with E-state index in [1.165, 1.54) is 44.9 Å². The standard InChI is InChI=1S/C16H33NOS/c1-4-11-17-15(3)9-5-6-12-19(18)16-10-7-8-14(2)13-16/h14-17H,4-13H2,1-3H3. The highest BCUT2D eigenvalue weighted by atomic mass is 32.2. The Bertz CT molecular complexity index is 257. The lowest BCUT2D eigenvalue weighted by atomic mass is 9.91. The van der Waals surface area contributed by atoms with Crippen LogP contribution in [0.1, 0.15) is 72.1 Å². The van der Waals surface area contributed by atoms with Gasteiger partial charge in [-0.25, -0.2) is 0 Å². The summed E-state index contributed by atoms with van der Waals surface area (Å²) >= 11 is 0. The summed E-state index contributed by atoms with van der Waals surface area (Å²) in [4.78, 5) is 0. The van der Waals surface area contributed by atoms with Crippen molar-refractivity contribution in [2.24, 2.45) is 5.92 Å². The van der Waals surface area contributed by atoms with Gasteiger partial charge in [-0.3, -0.25) is 4.21 Å². The summed E-state index contributed by atoms with van der Waals surface area (Å²) in [5.74, 6) is 1.72. The van der Waals surface area contributed by atoms with Gasteiger partial charge in [0.05, 0.1) is 0 Å². The van der Waals surface area contributed by atoms with Crippen LogP contribution in [0.2, 0.25) is 0 Å². The van der Waals surface area contributed by atoms with Crippen LogP contribution in [0.4, 0.5) is 0 Å². The first-order valence-electron chi connectivity index (χ1n) is 8.24. The maximum absolute atomic E-state index is 12.3. The third-order valence-corrected chi connectivity index (χ3v) is 6.10. The first-order valence-corrected chi connectivity index (χ1v) is 9.62.